The molecule has 1 atom stereocenters. The molecule has 0 aromatic heterocycles. The number of rotatable bonds is 4. The summed E-state index contributed by atoms with van der Waals surface area (Å²) >= 11 is 6.21. The van der Waals surface area contributed by atoms with Crippen molar-refractivity contribution in [2.24, 2.45) is 5.73 Å². The molecule has 0 aliphatic rings. The summed E-state index contributed by atoms with van der Waals surface area (Å²) in [5.74, 6) is 0. The average molecular weight is 227 g/mol. The zero-order chi connectivity index (χ0) is 11.4. The summed E-state index contributed by atoms with van der Waals surface area (Å²) in [6.45, 7) is 4.88. The smallest absolute Gasteiger partial charge is 0.0642 e. The fourth-order valence-corrected chi connectivity index (χ4v) is 1.94. The first kappa shape index (κ1) is 12.3. The van der Waals surface area contributed by atoms with Crippen molar-refractivity contribution in [3.63, 3.8) is 0 Å². The molecule has 2 N–H and O–H groups in total. The maximum atomic E-state index is 6.21. The predicted octanol–water partition coefficient (Wildman–Crippen LogP) is 3.03. The van der Waals surface area contributed by atoms with Gasteiger partial charge in [0.25, 0.3) is 0 Å². The van der Waals surface area contributed by atoms with Crippen molar-refractivity contribution in [2.45, 2.75) is 32.9 Å². The van der Waals surface area contributed by atoms with Crippen LogP contribution in [0, 0.1) is 0 Å². The van der Waals surface area contributed by atoms with Crippen LogP contribution in [0.4, 0.5) is 5.69 Å². The molecule has 0 bridgehead atoms. The Labute approximate surface area is 97.0 Å². The number of para-hydroxylation sites is 1. The molecule has 1 aromatic rings. The Kier molecular flexibility index (Phi) is 4.43. The lowest BCUT2D eigenvalue weighted by molar-refractivity contribution is 0.661. The minimum atomic E-state index is 0.468. The van der Waals surface area contributed by atoms with Crippen LogP contribution in [0.2, 0.25) is 5.02 Å². The molecule has 0 saturated heterocycles. The van der Waals surface area contributed by atoms with E-state index in [9.17, 15) is 0 Å². The van der Waals surface area contributed by atoms with Crippen LogP contribution in [-0.4, -0.2) is 13.1 Å². The molecule has 1 aromatic carbocycles. The molecule has 15 heavy (non-hydrogen) atoms. The summed E-state index contributed by atoms with van der Waals surface area (Å²) in [4.78, 5) is 2.20. The van der Waals surface area contributed by atoms with Gasteiger partial charge in [0.1, 0.15) is 0 Å². The van der Waals surface area contributed by atoms with Gasteiger partial charge in [0.05, 0.1) is 10.7 Å². The topological polar surface area (TPSA) is 29.3 Å². The molecule has 0 fully saturated rings. The van der Waals surface area contributed by atoms with E-state index < -0.39 is 0 Å². The first-order chi connectivity index (χ1) is 7.11. The van der Waals surface area contributed by atoms with E-state index in [1.165, 1.54) is 0 Å². The van der Waals surface area contributed by atoms with Gasteiger partial charge in [0.15, 0.2) is 0 Å². The zero-order valence-corrected chi connectivity index (χ0v) is 10.4. The van der Waals surface area contributed by atoms with Crippen LogP contribution in [0.15, 0.2) is 18.2 Å². The van der Waals surface area contributed by atoms with Crippen LogP contribution < -0.4 is 10.6 Å². The van der Waals surface area contributed by atoms with Crippen LogP contribution in [0.5, 0.6) is 0 Å². The monoisotopic (exact) mass is 226 g/mol. The summed E-state index contributed by atoms with van der Waals surface area (Å²) in [6, 6.07) is 6.35. The molecule has 0 radical (unpaired) electrons. The number of halogens is 1. The number of nitrogens with two attached hydrogens (primary N) is 1. The third kappa shape index (κ3) is 2.64. The second-order valence-corrected chi connectivity index (χ2v) is 4.23. The van der Waals surface area contributed by atoms with Crippen molar-refractivity contribution in [3.05, 3.63) is 28.8 Å². The average Bonchev–Trinajstić information content (AvgIpc) is 2.26. The number of hydrogen-bond donors (Lipinski definition) is 1. The molecule has 0 amide bonds. The van der Waals surface area contributed by atoms with Gasteiger partial charge in [-0.2, -0.15) is 0 Å². The van der Waals surface area contributed by atoms with E-state index in [1.807, 2.05) is 18.2 Å². The maximum Gasteiger partial charge on any atom is 0.0642 e. The molecule has 84 valence electrons. The van der Waals surface area contributed by atoms with Crippen LogP contribution in [0.25, 0.3) is 0 Å². The predicted molar refractivity (Wildman–Crippen MR) is 67.5 cm³/mol. The van der Waals surface area contributed by atoms with Crippen molar-refractivity contribution < 1.29 is 0 Å². The molecule has 0 aliphatic heterocycles. The van der Waals surface area contributed by atoms with Gasteiger partial charge in [-0.05, 0) is 25.0 Å². The van der Waals surface area contributed by atoms with Crippen LogP contribution in [-0.2, 0) is 6.54 Å². The Morgan fingerprint density at radius 1 is 1.47 bits per heavy atom. The fraction of sp³-hybridized carbons (Fsp3) is 0.500. The van der Waals surface area contributed by atoms with Crippen LogP contribution in [0.3, 0.4) is 0 Å². The number of anilines is 1. The Morgan fingerprint density at radius 3 is 2.67 bits per heavy atom. The second kappa shape index (κ2) is 5.38. The minimum absolute atomic E-state index is 0.468. The molecule has 0 spiro atoms. The largest absolute Gasteiger partial charge is 0.370 e. The highest BCUT2D eigenvalue weighted by atomic mass is 35.5. The minimum Gasteiger partial charge on any atom is -0.370 e. The van der Waals surface area contributed by atoms with Gasteiger partial charge in [-0.15, -0.1) is 0 Å². The number of hydrogen-bond acceptors (Lipinski definition) is 2. The van der Waals surface area contributed by atoms with E-state index in [2.05, 4.69) is 25.8 Å². The summed E-state index contributed by atoms with van der Waals surface area (Å²) in [7, 11) is 2.06. The second-order valence-electron chi connectivity index (χ2n) is 3.82. The highest BCUT2D eigenvalue weighted by Crippen LogP contribution is 2.30. The van der Waals surface area contributed by atoms with Crippen LogP contribution in [0.1, 0.15) is 25.8 Å². The van der Waals surface area contributed by atoms with E-state index in [0.29, 0.717) is 12.6 Å². The molecule has 0 heterocycles. The van der Waals surface area contributed by atoms with Gasteiger partial charge in [0, 0.05) is 19.6 Å². The SMILES string of the molecule is CCC(C)N(C)c1c(Cl)cccc1CN. The normalized spacial score (nSPS) is 12.6. The third-order valence-corrected chi connectivity index (χ3v) is 3.20. The number of nitrogens with zero attached hydrogens (tertiary/aromatic N) is 1. The molecule has 3 heteroatoms. The molecule has 1 unspecified atom stereocenters. The highest BCUT2D eigenvalue weighted by molar-refractivity contribution is 6.33. The summed E-state index contributed by atoms with van der Waals surface area (Å²) in [6.07, 6.45) is 1.09. The van der Waals surface area contributed by atoms with E-state index in [0.717, 1.165) is 22.7 Å². The third-order valence-electron chi connectivity index (χ3n) is 2.89. The lowest BCUT2D eigenvalue weighted by atomic mass is 10.1. The summed E-state index contributed by atoms with van der Waals surface area (Å²) in [5, 5.41) is 0.778. The molecular formula is C12H19ClN2. The van der Waals surface area contributed by atoms with Crippen molar-refractivity contribution >= 4 is 17.3 Å². The molecule has 0 saturated carbocycles. The number of benzene rings is 1. The van der Waals surface area contributed by atoms with Crippen LogP contribution >= 0.6 is 11.6 Å². The first-order valence-corrected chi connectivity index (χ1v) is 5.69. The standard InChI is InChI=1S/C12H19ClN2/c1-4-9(2)15(3)12-10(8-14)6-5-7-11(12)13/h5-7,9H,4,8,14H2,1-3H3. The zero-order valence-electron chi connectivity index (χ0n) is 9.63. The molecule has 2 nitrogen and oxygen atoms in total. The quantitative estimate of drug-likeness (QED) is 0.855. The molecular weight excluding hydrogens is 208 g/mol. The maximum absolute atomic E-state index is 6.21. The molecule has 1 rings (SSSR count). The van der Waals surface area contributed by atoms with Crippen molar-refractivity contribution in [3.8, 4) is 0 Å². The lowest BCUT2D eigenvalue weighted by Crippen LogP contribution is -2.29. The summed E-state index contributed by atoms with van der Waals surface area (Å²) < 4.78 is 0. The lowest BCUT2D eigenvalue weighted by Gasteiger charge is -2.29. The van der Waals surface area contributed by atoms with Gasteiger partial charge < -0.3 is 10.6 Å². The van der Waals surface area contributed by atoms with E-state index in [-0.39, 0.29) is 0 Å². The van der Waals surface area contributed by atoms with Gasteiger partial charge in [-0.1, -0.05) is 30.7 Å². The Morgan fingerprint density at radius 2 is 2.13 bits per heavy atom. The molecule has 0 aliphatic carbocycles. The Bertz CT molecular complexity index is 325. The van der Waals surface area contributed by atoms with Crippen molar-refractivity contribution in [2.75, 3.05) is 11.9 Å². The fourth-order valence-electron chi connectivity index (χ4n) is 1.61. The van der Waals surface area contributed by atoms with Gasteiger partial charge in [0.2, 0.25) is 0 Å². The van der Waals surface area contributed by atoms with E-state index in [1.54, 1.807) is 0 Å². The van der Waals surface area contributed by atoms with Crippen molar-refractivity contribution in [1.82, 2.24) is 0 Å². The van der Waals surface area contributed by atoms with Gasteiger partial charge >= 0.3 is 0 Å². The Balaban J connectivity index is 3.10. The van der Waals surface area contributed by atoms with E-state index in [4.69, 9.17) is 17.3 Å². The van der Waals surface area contributed by atoms with Gasteiger partial charge in [-0.25, -0.2) is 0 Å². The van der Waals surface area contributed by atoms with Gasteiger partial charge in [-0.3, -0.25) is 0 Å². The summed E-state index contributed by atoms with van der Waals surface area (Å²) in [5.41, 5.74) is 7.88. The highest BCUT2D eigenvalue weighted by Gasteiger charge is 2.14. The first-order valence-electron chi connectivity index (χ1n) is 5.32. The van der Waals surface area contributed by atoms with Crippen molar-refractivity contribution in [1.29, 1.82) is 0 Å². The Hall–Kier alpha value is -0.730. The van der Waals surface area contributed by atoms with E-state index >= 15 is 0 Å².